The van der Waals surface area contributed by atoms with Crippen LogP contribution in [0.5, 0.6) is 0 Å². The number of hydrogen-bond donors (Lipinski definition) is 0. The summed E-state index contributed by atoms with van der Waals surface area (Å²) in [7, 11) is 0. The fraction of sp³-hybridized carbons (Fsp3) is 0.762. The Bertz CT molecular complexity index is 521. The molecule has 0 amide bonds. The zero-order chi connectivity index (χ0) is 17.9. The third-order valence-corrected chi connectivity index (χ3v) is 6.58. The predicted octanol–water partition coefficient (Wildman–Crippen LogP) is 6.98. The third kappa shape index (κ3) is 4.77. The minimum Gasteiger partial charge on any atom is -0.251 e. The first kappa shape index (κ1) is 18.7. The lowest BCUT2D eigenvalue weighted by molar-refractivity contribution is -0.141. The summed E-state index contributed by atoms with van der Waals surface area (Å²) in [5, 5.41) is 0. The Morgan fingerprint density at radius 3 is 2.00 bits per heavy atom. The van der Waals surface area contributed by atoms with Crippen LogP contribution in [-0.4, -0.2) is 4.98 Å². The van der Waals surface area contributed by atoms with Crippen LogP contribution in [0.15, 0.2) is 18.3 Å². The summed E-state index contributed by atoms with van der Waals surface area (Å²) in [5.74, 6) is 3.07. The smallest absolute Gasteiger partial charge is 0.251 e. The molecule has 0 aliphatic heterocycles. The fourth-order valence-electron chi connectivity index (χ4n) is 5.09. The van der Waals surface area contributed by atoms with Gasteiger partial charge in [-0.05, 0) is 73.8 Å². The van der Waals surface area contributed by atoms with Crippen molar-refractivity contribution in [2.75, 3.05) is 0 Å². The van der Waals surface area contributed by atoms with Crippen LogP contribution in [0.4, 0.5) is 13.2 Å². The SMILES string of the molecule is CCCC1CCC(C2CCC(c3ccc(C(F)(F)F)nc3)CC2)CC1. The quantitative estimate of drug-likeness (QED) is 0.569. The monoisotopic (exact) mass is 353 g/mol. The van der Waals surface area contributed by atoms with E-state index in [0.29, 0.717) is 5.92 Å². The average Bonchev–Trinajstić information content (AvgIpc) is 2.62. The summed E-state index contributed by atoms with van der Waals surface area (Å²) in [6.45, 7) is 2.28. The van der Waals surface area contributed by atoms with Crippen LogP contribution >= 0.6 is 0 Å². The predicted molar refractivity (Wildman–Crippen MR) is 94.3 cm³/mol. The Morgan fingerprint density at radius 1 is 0.920 bits per heavy atom. The molecule has 0 bridgehead atoms. The van der Waals surface area contributed by atoms with Crippen LogP contribution in [0.2, 0.25) is 0 Å². The van der Waals surface area contributed by atoms with Crippen molar-refractivity contribution >= 4 is 0 Å². The van der Waals surface area contributed by atoms with Crippen LogP contribution in [-0.2, 0) is 6.18 Å². The standard InChI is InChI=1S/C21H30F3N/c1-2-3-15-4-6-16(7-5-15)17-8-10-18(11-9-17)19-12-13-20(25-14-19)21(22,23)24/h12-18H,2-11H2,1H3. The van der Waals surface area contributed by atoms with E-state index in [1.165, 1.54) is 57.6 Å². The molecule has 0 radical (unpaired) electrons. The first-order valence-corrected chi connectivity index (χ1v) is 10.0. The lowest BCUT2D eigenvalue weighted by atomic mass is 9.68. The molecule has 0 N–H and O–H groups in total. The van der Waals surface area contributed by atoms with Gasteiger partial charge in [0.2, 0.25) is 0 Å². The van der Waals surface area contributed by atoms with Gasteiger partial charge in [-0.15, -0.1) is 0 Å². The van der Waals surface area contributed by atoms with Crippen molar-refractivity contribution in [1.29, 1.82) is 0 Å². The largest absolute Gasteiger partial charge is 0.433 e. The molecule has 0 unspecified atom stereocenters. The van der Waals surface area contributed by atoms with Gasteiger partial charge in [-0.25, -0.2) is 0 Å². The maximum absolute atomic E-state index is 12.6. The summed E-state index contributed by atoms with van der Waals surface area (Å²) in [6, 6.07) is 2.77. The molecule has 25 heavy (non-hydrogen) atoms. The van der Waals surface area contributed by atoms with Gasteiger partial charge in [0.15, 0.2) is 0 Å². The Balaban J connectivity index is 1.49. The molecule has 0 aromatic carbocycles. The van der Waals surface area contributed by atoms with Gasteiger partial charge >= 0.3 is 6.18 Å². The molecule has 0 atom stereocenters. The van der Waals surface area contributed by atoms with Crippen LogP contribution in [0, 0.1) is 17.8 Å². The molecule has 2 aliphatic carbocycles. The number of halogens is 3. The van der Waals surface area contributed by atoms with E-state index in [1.54, 1.807) is 6.07 Å². The van der Waals surface area contributed by atoms with Crippen LogP contribution in [0.25, 0.3) is 0 Å². The van der Waals surface area contributed by atoms with E-state index in [2.05, 4.69) is 11.9 Å². The summed E-state index contributed by atoms with van der Waals surface area (Å²) >= 11 is 0. The Labute approximate surface area is 149 Å². The first-order chi connectivity index (χ1) is 12.0. The first-order valence-electron chi connectivity index (χ1n) is 10.0. The Kier molecular flexibility index (Phi) is 6.06. The molecule has 3 rings (SSSR count). The molecular weight excluding hydrogens is 323 g/mol. The van der Waals surface area contributed by atoms with Crippen LogP contribution in [0.3, 0.4) is 0 Å². The summed E-state index contributed by atoms with van der Waals surface area (Å²) in [6.07, 6.45) is 10.1. The normalized spacial score (nSPS) is 31.0. The topological polar surface area (TPSA) is 12.9 Å². The fourth-order valence-corrected chi connectivity index (χ4v) is 5.09. The van der Waals surface area contributed by atoms with E-state index < -0.39 is 11.9 Å². The minimum atomic E-state index is -4.34. The molecule has 140 valence electrons. The number of aromatic nitrogens is 1. The number of alkyl halides is 3. The van der Waals surface area contributed by atoms with E-state index in [9.17, 15) is 13.2 Å². The van der Waals surface area contributed by atoms with Gasteiger partial charge in [0.1, 0.15) is 5.69 Å². The summed E-state index contributed by atoms with van der Waals surface area (Å²) in [4.78, 5) is 3.63. The highest BCUT2D eigenvalue weighted by atomic mass is 19.4. The number of hydrogen-bond acceptors (Lipinski definition) is 1. The van der Waals surface area contributed by atoms with Crippen molar-refractivity contribution in [2.45, 2.75) is 83.2 Å². The van der Waals surface area contributed by atoms with E-state index in [4.69, 9.17) is 0 Å². The summed E-state index contributed by atoms with van der Waals surface area (Å²) < 4.78 is 37.9. The lowest BCUT2D eigenvalue weighted by Crippen LogP contribution is -2.25. The van der Waals surface area contributed by atoms with E-state index in [-0.39, 0.29) is 0 Å². The molecule has 1 aromatic rings. The van der Waals surface area contributed by atoms with Gasteiger partial charge in [0.05, 0.1) is 0 Å². The second-order valence-electron chi connectivity index (χ2n) is 8.16. The third-order valence-electron chi connectivity index (χ3n) is 6.58. The van der Waals surface area contributed by atoms with Crippen molar-refractivity contribution in [3.63, 3.8) is 0 Å². The number of rotatable bonds is 4. The molecule has 2 aliphatic rings. The maximum atomic E-state index is 12.6. The van der Waals surface area contributed by atoms with Gasteiger partial charge in [0, 0.05) is 6.20 Å². The van der Waals surface area contributed by atoms with Gasteiger partial charge < -0.3 is 0 Å². The molecule has 0 saturated heterocycles. The summed E-state index contributed by atoms with van der Waals surface area (Å²) in [5.41, 5.74) is 0.201. The highest BCUT2D eigenvalue weighted by Gasteiger charge is 2.33. The Hall–Kier alpha value is -1.06. The lowest BCUT2D eigenvalue weighted by Gasteiger charge is -2.38. The van der Waals surface area contributed by atoms with Crippen molar-refractivity contribution in [3.8, 4) is 0 Å². The van der Waals surface area contributed by atoms with Crippen LogP contribution < -0.4 is 0 Å². The zero-order valence-corrected chi connectivity index (χ0v) is 15.2. The van der Waals surface area contributed by atoms with Gasteiger partial charge in [-0.3, -0.25) is 4.98 Å². The van der Waals surface area contributed by atoms with Gasteiger partial charge in [0.25, 0.3) is 0 Å². The van der Waals surface area contributed by atoms with Crippen LogP contribution in [0.1, 0.15) is 88.3 Å². The highest BCUT2D eigenvalue weighted by Crippen LogP contribution is 2.44. The Morgan fingerprint density at radius 2 is 1.52 bits per heavy atom. The number of pyridine rings is 1. The molecule has 2 fully saturated rings. The van der Waals surface area contributed by atoms with Gasteiger partial charge in [-0.2, -0.15) is 13.2 Å². The zero-order valence-electron chi connectivity index (χ0n) is 15.2. The minimum absolute atomic E-state index is 0.391. The van der Waals surface area contributed by atoms with E-state index >= 15 is 0 Å². The number of nitrogens with zero attached hydrogens (tertiary/aromatic N) is 1. The average molecular weight is 353 g/mol. The van der Waals surface area contributed by atoms with E-state index in [0.717, 1.165) is 42.2 Å². The van der Waals surface area contributed by atoms with Gasteiger partial charge in [-0.1, -0.05) is 38.7 Å². The molecule has 1 nitrogen and oxygen atoms in total. The second kappa shape index (κ2) is 8.09. The molecule has 1 aromatic heterocycles. The molecular formula is C21H30F3N. The molecule has 4 heteroatoms. The molecule has 0 spiro atoms. The second-order valence-corrected chi connectivity index (χ2v) is 8.16. The maximum Gasteiger partial charge on any atom is 0.433 e. The molecule has 2 saturated carbocycles. The van der Waals surface area contributed by atoms with Crippen molar-refractivity contribution in [2.24, 2.45) is 17.8 Å². The molecule has 1 heterocycles. The van der Waals surface area contributed by atoms with Crippen molar-refractivity contribution in [3.05, 3.63) is 29.6 Å². The highest BCUT2D eigenvalue weighted by molar-refractivity contribution is 5.20. The van der Waals surface area contributed by atoms with Crippen molar-refractivity contribution < 1.29 is 13.2 Å². The van der Waals surface area contributed by atoms with Crippen molar-refractivity contribution in [1.82, 2.24) is 4.98 Å². The van der Waals surface area contributed by atoms with E-state index in [1.807, 2.05) is 0 Å².